The molecule has 2 aliphatic heterocycles. The first-order valence-electron chi connectivity index (χ1n) is 6.51. The van der Waals surface area contributed by atoms with Gasteiger partial charge in [-0.3, -0.25) is 0 Å². The Bertz CT molecular complexity index is 465. The van der Waals surface area contributed by atoms with E-state index in [4.69, 9.17) is 22.1 Å². The van der Waals surface area contributed by atoms with Gasteiger partial charge in [0, 0.05) is 29.6 Å². The number of halogens is 1. The second kappa shape index (κ2) is 4.41. The summed E-state index contributed by atoms with van der Waals surface area (Å²) in [5.74, 6) is 0.911. The lowest BCUT2D eigenvalue weighted by Gasteiger charge is -2.46. The topological polar surface area (TPSA) is 38.5 Å². The molecule has 0 radical (unpaired) electrons. The van der Waals surface area contributed by atoms with Gasteiger partial charge < -0.3 is 15.4 Å². The number of likely N-dealkylation sites (N-methyl/N-ethyl adjacent to an activating group) is 1. The quantitative estimate of drug-likeness (QED) is 0.784. The maximum Gasteiger partial charge on any atom is 0.125 e. The van der Waals surface area contributed by atoms with Gasteiger partial charge in [-0.15, -0.1) is 0 Å². The van der Waals surface area contributed by atoms with Crippen LogP contribution in [0.3, 0.4) is 0 Å². The molecular formula is C14H19ClN2O. The zero-order valence-corrected chi connectivity index (χ0v) is 11.4. The highest BCUT2D eigenvalue weighted by molar-refractivity contribution is 6.30. The monoisotopic (exact) mass is 266 g/mol. The Labute approximate surface area is 113 Å². The van der Waals surface area contributed by atoms with E-state index in [0.29, 0.717) is 0 Å². The molecule has 2 atom stereocenters. The van der Waals surface area contributed by atoms with Crippen LogP contribution in [0, 0.1) is 0 Å². The maximum absolute atomic E-state index is 6.31. The molecule has 1 spiro atoms. The fourth-order valence-corrected chi connectivity index (χ4v) is 3.44. The Morgan fingerprint density at radius 2 is 2.33 bits per heavy atom. The highest BCUT2D eigenvalue weighted by atomic mass is 35.5. The minimum atomic E-state index is -0.104. The molecule has 1 aromatic carbocycles. The number of hydrogen-bond donors (Lipinski definition) is 1. The number of rotatable bonds is 0. The summed E-state index contributed by atoms with van der Waals surface area (Å²) in [7, 11) is 2.15. The van der Waals surface area contributed by atoms with Gasteiger partial charge >= 0.3 is 0 Å². The predicted molar refractivity (Wildman–Crippen MR) is 73.1 cm³/mol. The van der Waals surface area contributed by atoms with Crippen LogP contribution < -0.4 is 10.5 Å². The third kappa shape index (κ3) is 2.11. The van der Waals surface area contributed by atoms with Crippen molar-refractivity contribution >= 4 is 11.6 Å². The standard InChI is InChI=1S/C14H19ClN2O/c1-17-6-2-5-14(9-17)8-12(16)11-7-10(15)3-4-13(11)18-14/h3-4,7,12H,2,5-6,8-9,16H2,1H3. The zero-order chi connectivity index (χ0) is 12.8. The minimum absolute atomic E-state index is 0.0268. The highest BCUT2D eigenvalue weighted by Crippen LogP contribution is 2.43. The van der Waals surface area contributed by atoms with Crippen LogP contribution >= 0.6 is 11.6 Å². The molecule has 0 aromatic heterocycles. The highest BCUT2D eigenvalue weighted by Gasteiger charge is 2.42. The van der Waals surface area contributed by atoms with E-state index in [1.54, 1.807) is 0 Å². The summed E-state index contributed by atoms with van der Waals surface area (Å²) in [5.41, 5.74) is 7.25. The van der Waals surface area contributed by atoms with Gasteiger partial charge in [-0.05, 0) is 44.6 Å². The Kier molecular flexibility index (Phi) is 3.00. The van der Waals surface area contributed by atoms with Crippen LogP contribution in [0.4, 0.5) is 0 Å². The number of hydrogen-bond acceptors (Lipinski definition) is 3. The summed E-state index contributed by atoms with van der Waals surface area (Å²) in [6, 6.07) is 5.78. The fourth-order valence-electron chi connectivity index (χ4n) is 3.26. The summed E-state index contributed by atoms with van der Waals surface area (Å²) in [6.45, 7) is 2.11. The van der Waals surface area contributed by atoms with Crippen LogP contribution in [0.1, 0.15) is 30.9 Å². The number of ether oxygens (including phenoxy) is 1. The lowest BCUT2D eigenvalue weighted by Crippen LogP contribution is -2.53. The number of benzene rings is 1. The van der Waals surface area contributed by atoms with Gasteiger partial charge in [0.1, 0.15) is 11.4 Å². The summed E-state index contributed by atoms with van der Waals surface area (Å²) >= 11 is 6.02. The lowest BCUT2D eigenvalue weighted by atomic mass is 9.82. The van der Waals surface area contributed by atoms with E-state index < -0.39 is 0 Å². The van der Waals surface area contributed by atoms with Crippen molar-refractivity contribution in [3.8, 4) is 5.75 Å². The smallest absolute Gasteiger partial charge is 0.125 e. The van der Waals surface area contributed by atoms with Crippen LogP contribution in [0.25, 0.3) is 0 Å². The summed E-state index contributed by atoms with van der Waals surface area (Å²) in [6.07, 6.45) is 3.14. The molecule has 1 saturated heterocycles. The van der Waals surface area contributed by atoms with Crippen LogP contribution in [-0.2, 0) is 0 Å². The van der Waals surface area contributed by atoms with E-state index in [1.807, 2.05) is 18.2 Å². The third-order valence-corrected chi connectivity index (χ3v) is 4.26. The van der Waals surface area contributed by atoms with E-state index in [0.717, 1.165) is 42.3 Å². The van der Waals surface area contributed by atoms with Crippen LogP contribution in [0.2, 0.25) is 5.02 Å². The lowest BCUT2D eigenvalue weighted by molar-refractivity contribution is -0.0233. The molecule has 2 unspecified atom stereocenters. The van der Waals surface area contributed by atoms with Gasteiger partial charge in [0.05, 0.1) is 0 Å². The average molecular weight is 267 g/mol. The molecule has 3 rings (SSSR count). The maximum atomic E-state index is 6.31. The van der Waals surface area contributed by atoms with Crippen molar-refractivity contribution in [1.82, 2.24) is 4.90 Å². The molecule has 2 N–H and O–H groups in total. The molecule has 4 heteroatoms. The van der Waals surface area contributed by atoms with E-state index in [9.17, 15) is 0 Å². The molecule has 2 aliphatic rings. The normalized spacial score (nSPS) is 32.1. The minimum Gasteiger partial charge on any atom is -0.486 e. The van der Waals surface area contributed by atoms with E-state index in [1.165, 1.54) is 6.42 Å². The summed E-state index contributed by atoms with van der Waals surface area (Å²) in [5, 5.41) is 0.726. The van der Waals surface area contributed by atoms with Gasteiger partial charge in [-0.25, -0.2) is 0 Å². The fraction of sp³-hybridized carbons (Fsp3) is 0.571. The molecule has 18 heavy (non-hydrogen) atoms. The van der Waals surface area contributed by atoms with Crippen molar-refractivity contribution in [2.45, 2.75) is 30.9 Å². The molecule has 0 amide bonds. The number of likely N-dealkylation sites (tertiary alicyclic amines) is 1. The Hall–Kier alpha value is -0.770. The first-order chi connectivity index (χ1) is 8.58. The van der Waals surface area contributed by atoms with E-state index in [-0.39, 0.29) is 11.6 Å². The van der Waals surface area contributed by atoms with Crippen molar-refractivity contribution in [3.05, 3.63) is 28.8 Å². The number of fused-ring (bicyclic) bond motifs is 1. The Morgan fingerprint density at radius 3 is 3.11 bits per heavy atom. The summed E-state index contributed by atoms with van der Waals surface area (Å²) in [4.78, 5) is 2.33. The first-order valence-corrected chi connectivity index (χ1v) is 6.88. The van der Waals surface area contributed by atoms with Gasteiger partial charge in [0.15, 0.2) is 0 Å². The first kappa shape index (κ1) is 12.3. The van der Waals surface area contributed by atoms with E-state index in [2.05, 4.69) is 11.9 Å². The Morgan fingerprint density at radius 1 is 1.50 bits per heavy atom. The van der Waals surface area contributed by atoms with Crippen LogP contribution in [0.5, 0.6) is 5.75 Å². The molecule has 0 aliphatic carbocycles. The SMILES string of the molecule is CN1CCCC2(CC(N)c3cc(Cl)ccc3O2)C1. The molecule has 0 bridgehead atoms. The molecule has 1 aromatic rings. The molecule has 0 saturated carbocycles. The number of nitrogens with two attached hydrogens (primary N) is 1. The third-order valence-electron chi connectivity index (χ3n) is 4.02. The zero-order valence-electron chi connectivity index (χ0n) is 10.7. The van der Waals surface area contributed by atoms with Gasteiger partial charge in [0.25, 0.3) is 0 Å². The second-order valence-electron chi connectivity index (χ2n) is 5.62. The molecule has 1 fully saturated rings. The van der Waals surface area contributed by atoms with Crippen molar-refractivity contribution in [2.75, 3.05) is 20.1 Å². The van der Waals surface area contributed by atoms with Crippen molar-refractivity contribution in [1.29, 1.82) is 0 Å². The largest absolute Gasteiger partial charge is 0.486 e. The van der Waals surface area contributed by atoms with Gasteiger partial charge in [-0.2, -0.15) is 0 Å². The number of piperidine rings is 1. The van der Waals surface area contributed by atoms with Gasteiger partial charge in [-0.1, -0.05) is 11.6 Å². The summed E-state index contributed by atoms with van der Waals surface area (Å²) < 4.78 is 6.28. The number of nitrogens with zero attached hydrogens (tertiary/aromatic N) is 1. The van der Waals surface area contributed by atoms with E-state index >= 15 is 0 Å². The molecule has 98 valence electrons. The molecule has 2 heterocycles. The van der Waals surface area contributed by atoms with Gasteiger partial charge in [0.2, 0.25) is 0 Å². The predicted octanol–water partition coefficient (Wildman–Crippen LogP) is 2.59. The van der Waals surface area contributed by atoms with Crippen molar-refractivity contribution in [2.24, 2.45) is 5.73 Å². The Balaban J connectivity index is 1.93. The molecule has 3 nitrogen and oxygen atoms in total. The van der Waals surface area contributed by atoms with Crippen LogP contribution in [0.15, 0.2) is 18.2 Å². The molecular weight excluding hydrogens is 248 g/mol. The van der Waals surface area contributed by atoms with Crippen molar-refractivity contribution < 1.29 is 4.74 Å². The average Bonchev–Trinajstić information content (AvgIpc) is 2.30. The van der Waals surface area contributed by atoms with Crippen LogP contribution in [-0.4, -0.2) is 30.6 Å². The van der Waals surface area contributed by atoms with Crippen molar-refractivity contribution in [3.63, 3.8) is 0 Å². The second-order valence-corrected chi connectivity index (χ2v) is 6.06.